The second-order valence-corrected chi connectivity index (χ2v) is 4.90. The Morgan fingerprint density at radius 1 is 1.24 bits per heavy atom. The van der Waals surface area contributed by atoms with Crippen molar-refractivity contribution in [3.8, 4) is 0 Å². The number of benzene rings is 1. The van der Waals surface area contributed by atoms with Gasteiger partial charge in [-0.05, 0) is 42.5 Å². The second kappa shape index (κ2) is 6.75. The zero-order valence-electron chi connectivity index (χ0n) is 11.2. The molecule has 0 aliphatic heterocycles. The van der Waals surface area contributed by atoms with E-state index in [9.17, 15) is 4.39 Å². The first-order valence-electron chi connectivity index (χ1n) is 6.61. The van der Waals surface area contributed by atoms with Gasteiger partial charge in [-0.25, -0.2) is 4.39 Å². The summed E-state index contributed by atoms with van der Waals surface area (Å²) in [5, 5.41) is 0. The molecule has 96 valence electrons. The third kappa shape index (κ3) is 4.12. The Labute approximate surface area is 104 Å². The van der Waals surface area contributed by atoms with E-state index in [2.05, 4.69) is 13.8 Å². The first-order chi connectivity index (χ1) is 8.08. The fourth-order valence-corrected chi connectivity index (χ4v) is 2.33. The van der Waals surface area contributed by atoms with Gasteiger partial charge in [0, 0.05) is 6.04 Å². The highest BCUT2D eigenvalue weighted by molar-refractivity contribution is 5.26. The number of halogens is 1. The van der Waals surface area contributed by atoms with Crippen molar-refractivity contribution in [2.24, 2.45) is 11.7 Å². The fraction of sp³-hybridized carbons (Fsp3) is 0.600. The van der Waals surface area contributed by atoms with Crippen LogP contribution in [0.1, 0.15) is 56.7 Å². The van der Waals surface area contributed by atoms with Crippen LogP contribution < -0.4 is 5.73 Å². The zero-order valence-corrected chi connectivity index (χ0v) is 11.2. The van der Waals surface area contributed by atoms with Crippen LogP contribution in [0.15, 0.2) is 18.2 Å². The Hall–Kier alpha value is -0.890. The smallest absolute Gasteiger partial charge is 0.123 e. The monoisotopic (exact) mass is 237 g/mol. The number of hydrogen-bond acceptors (Lipinski definition) is 1. The van der Waals surface area contributed by atoms with E-state index < -0.39 is 0 Å². The molecule has 0 heterocycles. The van der Waals surface area contributed by atoms with E-state index in [1.54, 1.807) is 12.1 Å². The summed E-state index contributed by atoms with van der Waals surface area (Å²) in [6, 6.07) is 5.08. The highest BCUT2D eigenvalue weighted by atomic mass is 19.1. The van der Waals surface area contributed by atoms with Crippen LogP contribution in [0.2, 0.25) is 0 Å². The summed E-state index contributed by atoms with van der Waals surface area (Å²) in [7, 11) is 0. The van der Waals surface area contributed by atoms with Crippen molar-refractivity contribution in [1.82, 2.24) is 0 Å². The topological polar surface area (TPSA) is 26.0 Å². The molecule has 0 saturated heterocycles. The standard InChI is InChI=1S/C15H24FN/c1-4-6-7-12(5-2)15(17)13-8-11(3)9-14(16)10-13/h8-10,12,15H,4-7,17H2,1-3H3. The van der Waals surface area contributed by atoms with Crippen LogP contribution in [0.4, 0.5) is 4.39 Å². The van der Waals surface area contributed by atoms with E-state index in [1.165, 1.54) is 12.8 Å². The fourth-order valence-electron chi connectivity index (χ4n) is 2.33. The molecule has 1 nitrogen and oxygen atoms in total. The van der Waals surface area contributed by atoms with Crippen molar-refractivity contribution < 1.29 is 4.39 Å². The maximum atomic E-state index is 13.4. The minimum atomic E-state index is -0.180. The lowest BCUT2D eigenvalue weighted by Gasteiger charge is -2.23. The van der Waals surface area contributed by atoms with Crippen LogP contribution in [-0.2, 0) is 0 Å². The molecular formula is C15H24FN. The van der Waals surface area contributed by atoms with Gasteiger partial charge in [0.2, 0.25) is 0 Å². The van der Waals surface area contributed by atoms with E-state index in [0.29, 0.717) is 5.92 Å². The number of nitrogens with two attached hydrogens (primary N) is 1. The van der Waals surface area contributed by atoms with Gasteiger partial charge in [-0.1, -0.05) is 39.2 Å². The Morgan fingerprint density at radius 2 is 1.94 bits per heavy atom. The van der Waals surface area contributed by atoms with Gasteiger partial charge >= 0.3 is 0 Å². The average molecular weight is 237 g/mol. The minimum Gasteiger partial charge on any atom is -0.324 e. The normalized spacial score (nSPS) is 14.6. The molecule has 0 aliphatic carbocycles. The number of hydrogen-bond donors (Lipinski definition) is 1. The van der Waals surface area contributed by atoms with Gasteiger partial charge in [-0.15, -0.1) is 0 Å². The number of unbranched alkanes of at least 4 members (excludes halogenated alkanes) is 1. The molecular weight excluding hydrogens is 213 g/mol. The molecule has 2 atom stereocenters. The van der Waals surface area contributed by atoms with Gasteiger partial charge in [0.1, 0.15) is 5.82 Å². The molecule has 1 aromatic rings. The Balaban J connectivity index is 2.81. The van der Waals surface area contributed by atoms with Crippen LogP contribution in [0, 0.1) is 18.7 Å². The summed E-state index contributed by atoms with van der Waals surface area (Å²) in [4.78, 5) is 0. The maximum absolute atomic E-state index is 13.4. The van der Waals surface area contributed by atoms with E-state index in [1.807, 2.05) is 13.0 Å². The summed E-state index contributed by atoms with van der Waals surface area (Å²) < 4.78 is 13.4. The quantitative estimate of drug-likeness (QED) is 0.782. The van der Waals surface area contributed by atoms with E-state index in [-0.39, 0.29) is 11.9 Å². The molecule has 1 rings (SSSR count). The van der Waals surface area contributed by atoms with Crippen molar-refractivity contribution in [2.75, 3.05) is 0 Å². The van der Waals surface area contributed by atoms with E-state index in [4.69, 9.17) is 5.73 Å². The van der Waals surface area contributed by atoms with Crippen molar-refractivity contribution in [3.05, 3.63) is 35.1 Å². The lowest BCUT2D eigenvalue weighted by atomic mass is 9.87. The summed E-state index contributed by atoms with van der Waals surface area (Å²) >= 11 is 0. The number of rotatable bonds is 6. The molecule has 0 bridgehead atoms. The summed E-state index contributed by atoms with van der Waals surface area (Å²) in [6.45, 7) is 6.25. The van der Waals surface area contributed by atoms with Crippen LogP contribution in [0.25, 0.3) is 0 Å². The predicted molar refractivity (Wildman–Crippen MR) is 71.4 cm³/mol. The Bertz CT molecular complexity index is 329. The third-order valence-electron chi connectivity index (χ3n) is 3.41. The van der Waals surface area contributed by atoms with Gasteiger partial charge in [0.15, 0.2) is 0 Å². The molecule has 0 spiro atoms. The van der Waals surface area contributed by atoms with Crippen molar-refractivity contribution in [3.63, 3.8) is 0 Å². The first kappa shape index (κ1) is 14.2. The van der Waals surface area contributed by atoms with E-state index in [0.717, 1.165) is 24.0 Å². The molecule has 0 aromatic heterocycles. The third-order valence-corrected chi connectivity index (χ3v) is 3.41. The molecule has 0 radical (unpaired) electrons. The van der Waals surface area contributed by atoms with Gasteiger partial charge in [0.25, 0.3) is 0 Å². The highest BCUT2D eigenvalue weighted by Gasteiger charge is 2.18. The van der Waals surface area contributed by atoms with Crippen molar-refractivity contribution >= 4 is 0 Å². The lowest BCUT2D eigenvalue weighted by Crippen LogP contribution is -2.21. The van der Waals surface area contributed by atoms with E-state index >= 15 is 0 Å². The highest BCUT2D eigenvalue weighted by Crippen LogP contribution is 2.27. The van der Waals surface area contributed by atoms with Gasteiger partial charge in [-0.2, -0.15) is 0 Å². The first-order valence-corrected chi connectivity index (χ1v) is 6.61. The molecule has 0 fully saturated rings. The Morgan fingerprint density at radius 3 is 2.47 bits per heavy atom. The molecule has 0 amide bonds. The zero-order chi connectivity index (χ0) is 12.8. The van der Waals surface area contributed by atoms with Crippen LogP contribution >= 0.6 is 0 Å². The predicted octanol–water partition coefficient (Wildman–Crippen LogP) is 4.35. The van der Waals surface area contributed by atoms with Crippen LogP contribution in [-0.4, -0.2) is 0 Å². The summed E-state index contributed by atoms with van der Waals surface area (Å²) in [5.41, 5.74) is 8.14. The molecule has 17 heavy (non-hydrogen) atoms. The lowest BCUT2D eigenvalue weighted by molar-refractivity contribution is 0.377. The maximum Gasteiger partial charge on any atom is 0.123 e. The van der Waals surface area contributed by atoms with Gasteiger partial charge in [-0.3, -0.25) is 0 Å². The molecule has 2 N–H and O–H groups in total. The molecule has 0 aliphatic rings. The Kier molecular flexibility index (Phi) is 5.63. The second-order valence-electron chi connectivity index (χ2n) is 4.90. The average Bonchev–Trinajstić information content (AvgIpc) is 2.28. The van der Waals surface area contributed by atoms with Crippen molar-refractivity contribution in [2.45, 2.75) is 52.5 Å². The molecule has 0 saturated carbocycles. The van der Waals surface area contributed by atoms with Crippen LogP contribution in [0.5, 0.6) is 0 Å². The van der Waals surface area contributed by atoms with Gasteiger partial charge in [0.05, 0.1) is 0 Å². The van der Waals surface area contributed by atoms with Crippen LogP contribution in [0.3, 0.4) is 0 Å². The molecule has 2 heteroatoms. The minimum absolute atomic E-state index is 0.0408. The summed E-state index contributed by atoms with van der Waals surface area (Å²) in [6.07, 6.45) is 4.56. The molecule has 1 aromatic carbocycles. The largest absolute Gasteiger partial charge is 0.324 e. The SMILES string of the molecule is CCCCC(CC)C(N)c1cc(C)cc(F)c1. The molecule has 2 unspecified atom stereocenters. The number of aryl methyl sites for hydroxylation is 1. The van der Waals surface area contributed by atoms with Gasteiger partial charge < -0.3 is 5.73 Å². The van der Waals surface area contributed by atoms with Crippen molar-refractivity contribution in [1.29, 1.82) is 0 Å². The summed E-state index contributed by atoms with van der Waals surface area (Å²) in [5.74, 6) is 0.275.